The van der Waals surface area contributed by atoms with Crippen LogP contribution in [0, 0.1) is 26.7 Å². The van der Waals surface area contributed by atoms with Gasteiger partial charge in [0.25, 0.3) is 0 Å². The molecule has 1 amide bonds. The second-order valence-electron chi connectivity index (χ2n) is 13.1. The number of nitrogens with zero attached hydrogens (tertiary/aromatic N) is 3. The van der Waals surface area contributed by atoms with Gasteiger partial charge in [-0.3, -0.25) is 9.78 Å². The number of ether oxygens (including phenoxy) is 2. The zero-order valence-corrected chi connectivity index (χ0v) is 29.8. The molecule has 256 valence electrons. The molecule has 0 saturated heterocycles. The molecule has 3 atom stereocenters. The Morgan fingerprint density at radius 2 is 1.67 bits per heavy atom. The number of carbonyl (C=O) groups is 1. The number of hydrogen-bond donors (Lipinski definition) is 3. The molecule has 5 heterocycles. The van der Waals surface area contributed by atoms with Crippen LogP contribution >= 0.6 is 0 Å². The molecule has 0 fully saturated rings. The summed E-state index contributed by atoms with van der Waals surface area (Å²) in [6, 6.07) is 6.48. The van der Waals surface area contributed by atoms with E-state index in [4.69, 9.17) is 24.5 Å². The Kier molecular flexibility index (Phi) is 11.0. The first-order chi connectivity index (χ1) is 23.0. The molecule has 1 unspecified atom stereocenters. The standard InChI is InChI=1S/C39H51N5O4/c1-10-28-24(5)33-21-36-29(11-2)23(4)32(41-36)20-34-25(6)37(27(8)39(46)44(9)12-14-47-16-17-48-15-13-45)38(43-34)26(7)31-18-22(3)30(40-31)19-35(28)42-33/h11,18-21,25,27,37,41-42,45H,2,10,12-17H2,1,3-9H3/t25-,27?,37+/m1/s1. The molecule has 48 heavy (non-hydrogen) atoms. The van der Waals surface area contributed by atoms with Gasteiger partial charge in [-0.15, -0.1) is 0 Å². The van der Waals surface area contributed by atoms with E-state index in [0.29, 0.717) is 33.0 Å². The summed E-state index contributed by atoms with van der Waals surface area (Å²) in [5.41, 5.74) is 14.5. The maximum Gasteiger partial charge on any atom is 0.225 e. The maximum absolute atomic E-state index is 13.9. The van der Waals surface area contributed by atoms with Gasteiger partial charge >= 0.3 is 0 Å². The van der Waals surface area contributed by atoms with Crippen molar-refractivity contribution in [2.24, 2.45) is 5.92 Å². The number of aliphatic hydroxyl groups excluding tert-OH is 1. The van der Waals surface area contributed by atoms with Crippen LogP contribution in [0.15, 0.2) is 24.8 Å². The average Bonchev–Trinajstić information content (AvgIpc) is 3.77. The highest BCUT2D eigenvalue weighted by molar-refractivity contribution is 5.87. The number of hydrogen-bond acceptors (Lipinski definition) is 6. The number of allylic oxidation sites excluding steroid dienone is 1. The second kappa shape index (κ2) is 15.0. The molecule has 2 aliphatic heterocycles. The Labute approximate surface area is 284 Å². The number of amides is 1. The van der Waals surface area contributed by atoms with Gasteiger partial charge in [-0.25, -0.2) is 4.98 Å². The van der Waals surface area contributed by atoms with Gasteiger partial charge in [-0.1, -0.05) is 33.4 Å². The van der Waals surface area contributed by atoms with Crippen molar-refractivity contribution in [3.63, 3.8) is 0 Å². The average molecular weight is 654 g/mol. The van der Waals surface area contributed by atoms with Crippen molar-refractivity contribution in [1.29, 1.82) is 0 Å². The molecular formula is C39H51N5O4. The summed E-state index contributed by atoms with van der Waals surface area (Å²) in [5, 5.41) is 8.86. The van der Waals surface area contributed by atoms with Crippen LogP contribution in [-0.2, 0) is 20.7 Å². The molecule has 0 saturated carbocycles. The molecule has 2 aliphatic rings. The monoisotopic (exact) mass is 653 g/mol. The molecule has 0 radical (unpaired) electrons. The maximum atomic E-state index is 13.9. The van der Waals surface area contributed by atoms with Crippen molar-refractivity contribution >= 4 is 45.7 Å². The van der Waals surface area contributed by atoms with Crippen molar-refractivity contribution in [1.82, 2.24) is 24.8 Å². The van der Waals surface area contributed by atoms with Crippen LogP contribution in [0.25, 0.3) is 39.8 Å². The highest BCUT2D eigenvalue weighted by atomic mass is 16.5. The van der Waals surface area contributed by atoms with E-state index in [1.54, 1.807) is 4.90 Å². The van der Waals surface area contributed by atoms with Crippen LogP contribution in [0.5, 0.6) is 0 Å². The Balaban J connectivity index is 1.63. The lowest BCUT2D eigenvalue weighted by molar-refractivity contribution is -0.135. The largest absolute Gasteiger partial charge is 0.394 e. The zero-order valence-electron chi connectivity index (χ0n) is 29.8. The van der Waals surface area contributed by atoms with E-state index in [1.165, 1.54) is 11.1 Å². The van der Waals surface area contributed by atoms with Crippen LogP contribution in [0.3, 0.4) is 0 Å². The summed E-state index contributed by atoms with van der Waals surface area (Å²) in [4.78, 5) is 33.4. The third-order valence-electron chi connectivity index (χ3n) is 10.1. The van der Waals surface area contributed by atoms with E-state index in [1.807, 2.05) is 20.0 Å². The van der Waals surface area contributed by atoms with E-state index >= 15 is 0 Å². The minimum Gasteiger partial charge on any atom is -0.394 e. The normalized spacial score (nSPS) is 16.6. The number of fused-ring (bicyclic) bond motifs is 8. The van der Waals surface area contributed by atoms with Gasteiger partial charge in [0.2, 0.25) is 5.91 Å². The number of carbonyl (C=O) groups excluding carboxylic acids is 1. The van der Waals surface area contributed by atoms with Crippen molar-refractivity contribution < 1.29 is 19.4 Å². The van der Waals surface area contributed by atoms with E-state index in [-0.39, 0.29) is 30.3 Å². The van der Waals surface area contributed by atoms with E-state index < -0.39 is 0 Å². The zero-order chi connectivity index (χ0) is 34.7. The first-order valence-electron chi connectivity index (χ1n) is 17.1. The lowest BCUT2D eigenvalue weighted by atomic mass is 9.79. The van der Waals surface area contributed by atoms with Gasteiger partial charge in [0, 0.05) is 64.7 Å². The van der Waals surface area contributed by atoms with Gasteiger partial charge in [0.05, 0.1) is 50.1 Å². The topological polar surface area (TPSA) is 116 Å². The van der Waals surface area contributed by atoms with Gasteiger partial charge in [0.15, 0.2) is 0 Å². The summed E-state index contributed by atoms with van der Waals surface area (Å²) in [7, 11) is 1.83. The highest BCUT2D eigenvalue weighted by Crippen LogP contribution is 2.44. The van der Waals surface area contributed by atoms with Gasteiger partial charge < -0.3 is 29.4 Å². The molecule has 8 bridgehead atoms. The molecule has 3 aromatic rings. The first kappa shape index (κ1) is 35.3. The van der Waals surface area contributed by atoms with Crippen LogP contribution in [0.4, 0.5) is 0 Å². The van der Waals surface area contributed by atoms with Crippen LogP contribution in [0.1, 0.15) is 90.1 Å². The number of aryl methyl sites for hydroxylation is 3. The van der Waals surface area contributed by atoms with E-state index in [0.717, 1.165) is 73.5 Å². The Morgan fingerprint density at radius 3 is 2.35 bits per heavy atom. The predicted octanol–water partition coefficient (Wildman–Crippen LogP) is 7.01. The highest BCUT2D eigenvalue weighted by Gasteiger charge is 2.39. The molecule has 0 aromatic carbocycles. The number of aromatic amines is 2. The summed E-state index contributed by atoms with van der Waals surface area (Å²) < 4.78 is 10.9. The fraction of sp³-hybridized carbons (Fsp3) is 0.462. The third kappa shape index (κ3) is 6.90. The Morgan fingerprint density at radius 1 is 0.979 bits per heavy atom. The number of aromatic nitrogens is 4. The molecular weight excluding hydrogens is 602 g/mol. The molecule has 5 rings (SSSR count). The summed E-state index contributed by atoms with van der Waals surface area (Å²) in [6.45, 7) is 21.0. The Bertz CT molecular complexity index is 1880. The molecule has 3 aromatic heterocycles. The number of nitrogens with one attached hydrogen (secondary N) is 2. The SMILES string of the molecule is C=Cc1c(C)c2cc3nc(c(C)c4nc(cc5[nH]c(cc1[nH]2)c(C)c5CC)C(C)=C4)[C@H](C(C)C(=O)N(C)CCOCCOCCO)[C@@H]3C. The minimum absolute atomic E-state index is 0.0112. The molecule has 9 nitrogen and oxygen atoms in total. The number of rotatable bonds is 12. The summed E-state index contributed by atoms with van der Waals surface area (Å²) in [6.07, 6.45) is 4.95. The number of likely N-dealkylation sites (N-methyl/N-ethyl adjacent to an activating group) is 1. The van der Waals surface area contributed by atoms with Gasteiger partial charge in [0.1, 0.15) is 0 Å². The van der Waals surface area contributed by atoms with Crippen molar-refractivity contribution in [3.05, 3.63) is 75.4 Å². The lowest BCUT2D eigenvalue weighted by Crippen LogP contribution is -2.37. The number of aliphatic hydroxyl groups is 1. The molecule has 9 heteroatoms. The van der Waals surface area contributed by atoms with Crippen LogP contribution in [-0.4, -0.2) is 82.5 Å². The van der Waals surface area contributed by atoms with E-state index in [9.17, 15) is 4.79 Å². The predicted molar refractivity (Wildman–Crippen MR) is 195 cm³/mol. The lowest BCUT2D eigenvalue weighted by Gasteiger charge is -2.28. The number of H-pyrrole nitrogens is 2. The molecule has 3 N–H and O–H groups in total. The van der Waals surface area contributed by atoms with Crippen molar-refractivity contribution in [3.8, 4) is 0 Å². The summed E-state index contributed by atoms with van der Waals surface area (Å²) >= 11 is 0. The van der Waals surface area contributed by atoms with Crippen LogP contribution in [0.2, 0.25) is 0 Å². The summed E-state index contributed by atoms with van der Waals surface area (Å²) in [5.74, 6) is -0.431. The fourth-order valence-corrected chi connectivity index (χ4v) is 7.11. The fourth-order valence-electron chi connectivity index (χ4n) is 7.11. The third-order valence-corrected chi connectivity index (χ3v) is 10.1. The van der Waals surface area contributed by atoms with Gasteiger partial charge in [-0.2, -0.15) is 0 Å². The minimum atomic E-state index is -0.328. The van der Waals surface area contributed by atoms with E-state index in [2.05, 4.69) is 82.4 Å². The van der Waals surface area contributed by atoms with Crippen LogP contribution < -0.4 is 0 Å². The molecule has 0 spiro atoms. The molecule has 0 aliphatic carbocycles. The first-order valence-corrected chi connectivity index (χ1v) is 17.1. The smallest absolute Gasteiger partial charge is 0.225 e. The second-order valence-corrected chi connectivity index (χ2v) is 13.1. The van der Waals surface area contributed by atoms with Gasteiger partial charge in [-0.05, 0) is 86.2 Å². The Hall–Kier alpha value is -4.05. The van der Waals surface area contributed by atoms with Crippen molar-refractivity contribution in [2.75, 3.05) is 46.6 Å². The van der Waals surface area contributed by atoms with Crippen molar-refractivity contribution in [2.45, 2.75) is 66.7 Å². The quantitative estimate of drug-likeness (QED) is 0.181.